The predicted octanol–water partition coefficient (Wildman–Crippen LogP) is 3.74. The van der Waals surface area contributed by atoms with E-state index in [0.29, 0.717) is 22.5 Å². The van der Waals surface area contributed by atoms with Crippen molar-refractivity contribution in [1.29, 1.82) is 0 Å². The molecule has 0 aliphatic carbocycles. The average molecular weight is 426 g/mol. The number of amides is 3. The number of nitrogens with one attached hydrogen (secondary N) is 2. The number of imide groups is 1. The van der Waals surface area contributed by atoms with Gasteiger partial charge in [0.15, 0.2) is 0 Å². The van der Waals surface area contributed by atoms with Gasteiger partial charge in [-0.05, 0) is 54.4 Å². The summed E-state index contributed by atoms with van der Waals surface area (Å²) in [6.45, 7) is 3.55. The highest BCUT2D eigenvalue weighted by molar-refractivity contribution is 6.36. The van der Waals surface area contributed by atoms with E-state index < -0.39 is 5.91 Å². The molecule has 2 heterocycles. The van der Waals surface area contributed by atoms with E-state index in [1.807, 2.05) is 31.2 Å². The first-order valence-electron chi connectivity index (χ1n) is 10.1. The van der Waals surface area contributed by atoms with Gasteiger partial charge in [0.1, 0.15) is 5.70 Å². The average Bonchev–Trinajstić information content (AvgIpc) is 3.00. The van der Waals surface area contributed by atoms with Crippen LogP contribution in [0.1, 0.15) is 23.6 Å². The van der Waals surface area contributed by atoms with E-state index in [1.54, 1.807) is 48.8 Å². The van der Waals surface area contributed by atoms with E-state index in [-0.39, 0.29) is 24.1 Å². The molecular weight excluding hydrogens is 404 g/mol. The fourth-order valence-electron chi connectivity index (χ4n) is 3.48. The summed E-state index contributed by atoms with van der Waals surface area (Å²) in [5.41, 5.74) is 4.32. The minimum atomic E-state index is -0.395. The number of carbonyl (C=O) groups excluding carboxylic acids is 3. The second kappa shape index (κ2) is 8.85. The smallest absolute Gasteiger partial charge is 0.278 e. The maximum absolute atomic E-state index is 13.4. The maximum Gasteiger partial charge on any atom is 0.278 e. The van der Waals surface area contributed by atoms with Gasteiger partial charge in [-0.3, -0.25) is 24.3 Å². The number of hydrogen-bond donors (Lipinski definition) is 2. The number of aromatic nitrogens is 1. The Kier molecular flexibility index (Phi) is 5.81. The molecule has 0 radical (unpaired) electrons. The van der Waals surface area contributed by atoms with Crippen LogP contribution in [0.5, 0.6) is 0 Å². The molecule has 32 heavy (non-hydrogen) atoms. The Morgan fingerprint density at radius 3 is 2.12 bits per heavy atom. The highest BCUT2D eigenvalue weighted by atomic mass is 16.2. The number of nitrogens with zero attached hydrogens (tertiary/aromatic N) is 2. The van der Waals surface area contributed by atoms with Gasteiger partial charge in [-0.25, -0.2) is 0 Å². The minimum Gasteiger partial charge on any atom is -0.350 e. The molecule has 0 saturated heterocycles. The second-order valence-corrected chi connectivity index (χ2v) is 7.55. The summed E-state index contributed by atoms with van der Waals surface area (Å²) in [6.07, 6.45) is 3.25. The Morgan fingerprint density at radius 2 is 1.50 bits per heavy atom. The molecule has 3 aromatic rings. The summed E-state index contributed by atoms with van der Waals surface area (Å²) < 4.78 is 0. The number of hydrogen-bond acceptors (Lipinski definition) is 5. The van der Waals surface area contributed by atoms with Crippen LogP contribution in [0.4, 0.5) is 11.4 Å². The zero-order valence-corrected chi connectivity index (χ0v) is 17.8. The summed E-state index contributed by atoms with van der Waals surface area (Å²) in [4.78, 5) is 43.2. The van der Waals surface area contributed by atoms with Crippen molar-refractivity contribution < 1.29 is 14.4 Å². The van der Waals surface area contributed by atoms with E-state index in [2.05, 4.69) is 15.6 Å². The van der Waals surface area contributed by atoms with Gasteiger partial charge in [0.2, 0.25) is 5.91 Å². The van der Waals surface area contributed by atoms with Crippen molar-refractivity contribution in [3.63, 3.8) is 0 Å². The molecule has 4 rings (SSSR count). The summed E-state index contributed by atoms with van der Waals surface area (Å²) in [7, 11) is 0. The van der Waals surface area contributed by atoms with Crippen LogP contribution in [-0.4, -0.2) is 27.6 Å². The van der Waals surface area contributed by atoms with Gasteiger partial charge in [0, 0.05) is 30.7 Å². The Labute approximate surface area is 185 Å². The molecule has 0 unspecified atom stereocenters. The number of rotatable bonds is 6. The molecule has 160 valence electrons. The lowest BCUT2D eigenvalue weighted by atomic mass is 10.0. The third kappa shape index (κ3) is 4.41. The van der Waals surface area contributed by atoms with Gasteiger partial charge in [-0.1, -0.05) is 29.8 Å². The molecule has 0 bridgehead atoms. The standard InChI is InChI=1S/C25H22N4O3/c1-16-3-7-21(8-4-16)28-23-22(19-5-9-20(10-6-19)27-17(2)30)24(31)29(25(23)32)15-18-11-13-26-14-12-18/h3-14,28H,15H2,1-2H3,(H,27,30). The lowest BCUT2D eigenvalue weighted by Crippen LogP contribution is -2.32. The van der Waals surface area contributed by atoms with Crippen molar-refractivity contribution in [3.05, 3.63) is 95.4 Å². The van der Waals surface area contributed by atoms with Crippen LogP contribution in [0.25, 0.3) is 5.57 Å². The highest BCUT2D eigenvalue weighted by Crippen LogP contribution is 2.32. The van der Waals surface area contributed by atoms with E-state index in [1.165, 1.54) is 11.8 Å². The molecule has 2 N–H and O–H groups in total. The van der Waals surface area contributed by atoms with E-state index in [9.17, 15) is 14.4 Å². The number of aryl methyl sites for hydroxylation is 1. The van der Waals surface area contributed by atoms with Crippen molar-refractivity contribution in [2.24, 2.45) is 0 Å². The van der Waals surface area contributed by atoms with Crippen LogP contribution in [0.3, 0.4) is 0 Å². The Morgan fingerprint density at radius 1 is 0.875 bits per heavy atom. The Bertz CT molecular complexity index is 1200. The monoisotopic (exact) mass is 426 g/mol. The normalized spacial score (nSPS) is 13.5. The molecule has 1 aromatic heterocycles. The number of pyridine rings is 1. The second-order valence-electron chi connectivity index (χ2n) is 7.55. The summed E-state index contributed by atoms with van der Waals surface area (Å²) >= 11 is 0. The van der Waals surface area contributed by atoms with Crippen LogP contribution in [-0.2, 0) is 20.9 Å². The van der Waals surface area contributed by atoms with Crippen LogP contribution in [0.2, 0.25) is 0 Å². The van der Waals surface area contributed by atoms with Gasteiger partial charge in [-0.15, -0.1) is 0 Å². The molecule has 7 nitrogen and oxygen atoms in total. The molecule has 7 heteroatoms. The molecule has 1 aliphatic heterocycles. The SMILES string of the molecule is CC(=O)Nc1ccc(C2=C(Nc3ccc(C)cc3)C(=O)N(Cc3ccncc3)C2=O)cc1. The zero-order valence-electron chi connectivity index (χ0n) is 17.8. The predicted molar refractivity (Wildman–Crippen MR) is 122 cm³/mol. The molecule has 0 saturated carbocycles. The lowest BCUT2D eigenvalue weighted by molar-refractivity contribution is -0.137. The fourth-order valence-corrected chi connectivity index (χ4v) is 3.48. The van der Waals surface area contributed by atoms with Crippen molar-refractivity contribution >= 4 is 34.7 Å². The molecular formula is C25H22N4O3. The Balaban J connectivity index is 1.71. The maximum atomic E-state index is 13.4. The summed E-state index contributed by atoms with van der Waals surface area (Å²) in [6, 6.07) is 18.0. The van der Waals surface area contributed by atoms with Gasteiger partial charge < -0.3 is 10.6 Å². The third-order valence-corrected chi connectivity index (χ3v) is 5.07. The summed E-state index contributed by atoms with van der Waals surface area (Å²) in [5, 5.41) is 5.85. The van der Waals surface area contributed by atoms with E-state index in [4.69, 9.17) is 0 Å². The van der Waals surface area contributed by atoms with Gasteiger partial charge in [0.25, 0.3) is 11.8 Å². The van der Waals surface area contributed by atoms with Crippen LogP contribution < -0.4 is 10.6 Å². The first-order chi connectivity index (χ1) is 15.4. The first kappa shape index (κ1) is 21.0. The van der Waals surface area contributed by atoms with E-state index in [0.717, 1.165) is 11.1 Å². The van der Waals surface area contributed by atoms with Crippen molar-refractivity contribution in [2.45, 2.75) is 20.4 Å². The fraction of sp³-hybridized carbons (Fsp3) is 0.120. The van der Waals surface area contributed by atoms with Crippen LogP contribution >= 0.6 is 0 Å². The zero-order chi connectivity index (χ0) is 22.7. The van der Waals surface area contributed by atoms with Crippen LogP contribution in [0.15, 0.2) is 78.8 Å². The van der Waals surface area contributed by atoms with Crippen molar-refractivity contribution in [1.82, 2.24) is 9.88 Å². The minimum absolute atomic E-state index is 0.146. The number of benzene rings is 2. The first-order valence-corrected chi connectivity index (χ1v) is 10.1. The molecule has 3 amide bonds. The quantitative estimate of drug-likeness (QED) is 0.586. The van der Waals surface area contributed by atoms with Gasteiger partial charge >= 0.3 is 0 Å². The number of anilines is 2. The highest BCUT2D eigenvalue weighted by Gasteiger charge is 2.39. The molecule has 0 fully saturated rings. The van der Waals surface area contributed by atoms with E-state index >= 15 is 0 Å². The topological polar surface area (TPSA) is 91.4 Å². The third-order valence-electron chi connectivity index (χ3n) is 5.07. The molecule has 0 spiro atoms. The van der Waals surface area contributed by atoms with Gasteiger partial charge in [0.05, 0.1) is 12.1 Å². The molecule has 0 atom stereocenters. The van der Waals surface area contributed by atoms with Crippen molar-refractivity contribution in [3.8, 4) is 0 Å². The van der Waals surface area contributed by atoms with Gasteiger partial charge in [-0.2, -0.15) is 0 Å². The van der Waals surface area contributed by atoms with Crippen molar-refractivity contribution in [2.75, 3.05) is 10.6 Å². The summed E-state index contributed by atoms with van der Waals surface area (Å²) in [5.74, 6) is -0.962. The van der Waals surface area contributed by atoms with Crippen LogP contribution in [0, 0.1) is 6.92 Å². The number of carbonyl (C=O) groups is 3. The Hall–Kier alpha value is -4.26. The lowest BCUT2D eigenvalue weighted by Gasteiger charge is -2.15. The largest absolute Gasteiger partial charge is 0.350 e. The molecule has 1 aliphatic rings. The molecule has 2 aromatic carbocycles.